The maximum Gasteiger partial charge on any atom is 0.272 e. The fraction of sp³-hybridized carbons (Fsp3) is 0.368. The number of hydrogen-bond donors (Lipinski definition) is 1. The molecule has 0 aliphatic heterocycles. The van der Waals surface area contributed by atoms with Gasteiger partial charge in [0, 0.05) is 12.1 Å². The van der Waals surface area contributed by atoms with Crippen molar-refractivity contribution in [3.63, 3.8) is 0 Å². The number of nitriles is 1. The number of nitrogens with one attached hydrogen (secondary N) is 1. The van der Waals surface area contributed by atoms with Crippen LogP contribution in [-0.4, -0.2) is 28.3 Å². The van der Waals surface area contributed by atoms with E-state index in [0.29, 0.717) is 22.0 Å². The van der Waals surface area contributed by atoms with Crippen LogP contribution in [0.2, 0.25) is 5.02 Å². The largest absolute Gasteiger partial charge is 0.490 e. The van der Waals surface area contributed by atoms with E-state index >= 15 is 0 Å². The molecule has 1 aromatic carbocycles. The standard InChI is InChI=1S/C19H19ClN4O2/c1-12-2-9-18(24-23-12)19(25)22-14-4-7-15(8-5-14)26-16-6-3-13(11-21)17(20)10-16/h2-3,6,9-10,14-15H,4-5,7-8H2,1H3,(H,22,25). The summed E-state index contributed by atoms with van der Waals surface area (Å²) in [6.07, 6.45) is 3.41. The first-order chi connectivity index (χ1) is 12.5. The summed E-state index contributed by atoms with van der Waals surface area (Å²) in [5.41, 5.74) is 1.55. The van der Waals surface area contributed by atoms with E-state index in [1.807, 2.05) is 13.0 Å². The van der Waals surface area contributed by atoms with Gasteiger partial charge in [0.05, 0.1) is 22.4 Å². The molecule has 0 atom stereocenters. The lowest BCUT2D eigenvalue weighted by molar-refractivity contribution is 0.0888. The van der Waals surface area contributed by atoms with Gasteiger partial charge in [-0.25, -0.2) is 0 Å². The molecule has 1 aliphatic rings. The highest BCUT2D eigenvalue weighted by atomic mass is 35.5. The van der Waals surface area contributed by atoms with Gasteiger partial charge in [-0.15, -0.1) is 5.10 Å². The van der Waals surface area contributed by atoms with Gasteiger partial charge in [0.2, 0.25) is 0 Å². The monoisotopic (exact) mass is 370 g/mol. The first-order valence-electron chi connectivity index (χ1n) is 8.52. The molecule has 0 saturated heterocycles. The van der Waals surface area contributed by atoms with E-state index in [1.165, 1.54) is 0 Å². The second-order valence-corrected chi connectivity index (χ2v) is 6.79. The number of rotatable bonds is 4. The summed E-state index contributed by atoms with van der Waals surface area (Å²) in [6, 6.07) is 10.7. The van der Waals surface area contributed by atoms with Gasteiger partial charge >= 0.3 is 0 Å². The minimum atomic E-state index is -0.194. The van der Waals surface area contributed by atoms with Crippen LogP contribution < -0.4 is 10.1 Å². The number of carbonyl (C=O) groups excluding carboxylic acids is 1. The maximum atomic E-state index is 12.2. The molecule has 1 N–H and O–H groups in total. The van der Waals surface area contributed by atoms with E-state index in [-0.39, 0.29) is 18.1 Å². The zero-order valence-corrected chi connectivity index (χ0v) is 15.2. The molecule has 1 fully saturated rings. The van der Waals surface area contributed by atoms with Crippen LogP contribution in [-0.2, 0) is 0 Å². The van der Waals surface area contributed by atoms with Crippen molar-refractivity contribution in [1.82, 2.24) is 15.5 Å². The van der Waals surface area contributed by atoms with Crippen LogP contribution in [0, 0.1) is 18.3 Å². The fourth-order valence-corrected chi connectivity index (χ4v) is 3.17. The molecule has 1 heterocycles. The lowest BCUT2D eigenvalue weighted by Crippen LogP contribution is -2.40. The lowest BCUT2D eigenvalue weighted by atomic mass is 9.93. The van der Waals surface area contributed by atoms with E-state index in [0.717, 1.165) is 31.4 Å². The number of hydrogen-bond acceptors (Lipinski definition) is 5. The molecule has 0 unspecified atom stereocenters. The summed E-state index contributed by atoms with van der Waals surface area (Å²) in [7, 11) is 0. The van der Waals surface area contributed by atoms with Crippen molar-refractivity contribution >= 4 is 17.5 Å². The normalized spacial score (nSPS) is 19.4. The van der Waals surface area contributed by atoms with Crippen molar-refractivity contribution in [2.24, 2.45) is 0 Å². The molecule has 3 rings (SSSR count). The molecule has 26 heavy (non-hydrogen) atoms. The number of aromatic nitrogens is 2. The Morgan fingerprint density at radius 3 is 2.62 bits per heavy atom. The molecule has 2 aromatic rings. The van der Waals surface area contributed by atoms with E-state index in [2.05, 4.69) is 15.5 Å². The highest BCUT2D eigenvalue weighted by Gasteiger charge is 2.24. The summed E-state index contributed by atoms with van der Waals surface area (Å²) in [5, 5.41) is 20.1. The average Bonchev–Trinajstić information content (AvgIpc) is 2.64. The molecule has 0 bridgehead atoms. The summed E-state index contributed by atoms with van der Waals surface area (Å²) in [4.78, 5) is 12.2. The van der Waals surface area contributed by atoms with Crippen molar-refractivity contribution < 1.29 is 9.53 Å². The number of carbonyl (C=O) groups is 1. The summed E-state index contributed by atoms with van der Waals surface area (Å²) in [5.74, 6) is 0.470. The van der Waals surface area contributed by atoms with Gasteiger partial charge in [0.15, 0.2) is 5.69 Å². The van der Waals surface area contributed by atoms with Crippen molar-refractivity contribution in [2.75, 3.05) is 0 Å². The molecule has 6 nitrogen and oxygen atoms in total. The Labute approximate surface area is 157 Å². The number of halogens is 1. The average molecular weight is 371 g/mol. The van der Waals surface area contributed by atoms with Crippen LogP contribution in [0.5, 0.6) is 5.75 Å². The highest BCUT2D eigenvalue weighted by molar-refractivity contribution is 6.31. The SMILES string of the molecule is Cc1ccc(C(=O)NC2CCC(Oc3ccc(C#N)c(Cl)c3)CC2)nn1. The van der Waals surface area contributed by atoms with Gasteiger partial charge in [-0.1, -0.05) is 11.6 Å². The number of benzene rings is 1. The zero-order valence-electron chi connectivity index (χ0n) is 14.4. The molecule has 1 amide bonds. The Bertz CT molecular complexity index is 824. The molecule has 1 saturated carbocycles. The molecule has 7 heteroatoms. The number of aryl methyl sites for hydroxylation is 1. The third-order valence-electron chi connectivity index (χ3n) is 4.40. The summed E-state index contributed by atoms with van der Waals surface area (Å²) in [6.45, 7) is 1.83. The summed E-state index contributed by atoms with van der Waals surface area (Å²) < 4.78 is 5.96. The van der Waals surface area contributed by atoms with E-state index in [9.17, 15) is 4.79 Å². The molecule has 1 aliphatic carbocycles. The molecular formula is C19H19ClN4O2. The highest BCUT2D eigenvalue weighted by Crippen LogP contribution is 2.27. The molecule has 0 radical (unpaired) electrons. The topological polar surface area (TPSA) is 87.9 Å². The molecule has 1 aromatic heterocycles. The van der Waals surface area contributed by atoms with Gasteiger partial charge in [-0.3, -0.25) is 4.79 Å². The van der Waals surface area contributed by atoms with Gasteiger partial charge in [0.25, 0.3) is 5.91 Å². The van der Waals surface area contributed by atoms with Crippen LogP contribution in [0.1, 0.15) is 47.4 Å². The molecule has 134 valence electrons. The van der Waals surface area contributed by atoms with E-state index in [4.69, 9.17) is 21.6 Å². The fourth-order valence-electron chi connectivity index (χ4n) is 2.96. The quantitative estimate of drug-likeness (QED) is 0.890. The minimum absolute atomic E-state index is 0.0753. The number of amides is 1. The van der Waals surface area contributed by atoms with Gasteiger partial charge in [-0.05, 0) is 56.9 Å². The second-order valence-electron chi connectivity index (χ2n) is 6.38. The molecular weight excluding hydrogens is 352 g/mol. The van der Waals surface area contributed by atoms with Gasteiger partial charge in [-0.2, -0.15) is 10.4 Å². The third-order valence-corrected chi connectivity index (χ3v) is 4.72. The van der Waals surface area contributed by atoms with Crippen molar-refractivity contribution in [3.05, 3.63) is 52.3 Å². The smallest absolute Gasteiger partial charge is 0.272 e. The molecule has 0 spiro atoms. The van der Waals surface area contributed by atoms with Crippen LogP contribution >= 0.6 is 11.6 Å². The van der Waals surface area contributed by atoms with Crippen molar-refractivity contribution in [3.8, 4) is 11.8 Å². The van der Waals surface area contributed by atoms with E-state index in [1.54, 1.807) is 30.3 Å². The van der Waals surface area contributed by atoms with Crippen LogP contribution in [0.4, 0.5) is 0 Å². The van der Waals surface area contributed by atoms with Gasteiger partial charge in [0.1, 0.15) is 11.8 Å². The first kappa shape index (κ1) is 18.2. The predicted octanol–water partition coefficient (Wildman–Crippen LogP) is 3.43. The summed E-state index contributed by atoms with van der Waals surface area (Å²) >= 11 is 6.03. The number of nitrogens with zero attached hydrogens (tertiary/aromatic N) is 3. The Kier molecular flexibility index (Phi) is 5.69. The van der Waals surface area contributed by atoms with Crippen LogP contribution in [0.15, 0.2) is 30.3 Å². The number of ether oxygens (including phenoxy) is 1. The van der Waals surface area contributed by atoms with Crippen LogP contribution in [0.25, 0.3) is 0 Å². The Balaban J connectivity index is 1.49. The Morgan fingerprint density at radius 1 is 1.23 bits per heavy atom. The minimum Gasteiger partial charge on any atom is -0.490 e. The third kappa shape index (κ3) is 4.50. The van der Waals surface area contributed by atoms with E-state index < -0.39 is 0 Å². The zero-order chi connectivity index (χ0) is 18.5. The lowest BCUT2D eigenvalue weighted by Gasteiger charge is -2.29. The van der Waals surface area contributed by atoms with Crippen LogP contribution in [0.3, 0.4) is 0 Å². The Morgan fingerprint density at radius 2 is 2.00 bits per heavy atom. The second kappa shape index (κ2) is 8.15. The Hall–Kier alpha value is -2.65. The first-order valence-corrected chi connectivity index (χ1v) is 8.90. The van der Waals surface area contributed by atoms with Crippen molar-refractivity contribution in [2.45, 2.75) is 44.8 Å². The maximum absolute atomic E-state index is 12.2. The van der Waals surface area contributed by atoms with Gasteiger partial charge < -0.3 is 10.1 Å². The predicted molar refractivity (Wildman–Crippen MR) is 97.1 cm³/mol. The van der Waals surface area contributed by atoms with Crippen molar-refractivity contribution in [1.29, 1.82) is 5.26 Å².